The van der Waals surface area contributed by atoms with E-state index in [9.17, 15) is 4.79 Å². The van der Waals surface area contributed by atoms with Gasteiger partial charge >= 0.3 is 0 Å². The molecule has 0 saturated heterocycles. The minimum atomic E-state index is -0.0646. The fourth-order valence-corrected chi connectivity index (χ4v) is 4.78. The topological polar surface area (TPSA) is 83.0 Å². The zero-order valence-electron chi connectivity index (χ0n) is 22.9. The van der Waals surface area contributed by atoms with Gasteiger partial charge in [0.05, 0.1) is 5.56 Å². The summed E-state index contributed by atoms with van der Waals surface area (Å²) in [4.78, 5) is 27.9. The third-order valence-corrected chi connectivity index (χ3v) is 6.94. The number of ketones is 1. The van der Waals surface area contributed by atoms with Gasteiger partial charge in [0.25, 0.3) is 0 Å². The maximum absolute atomic E-state index is 12.3. The van der Waals surface area contributed by atoms with E-state index in [0.717, 1.165) is 48.8 Å². The molecule has 3 aliphatic rings. The first kappa shape index (κ1) is 26.6. The van der Waals surface area contributed by atoms with Gasteiger partial charge in [-0.15, -0.1) is 12.8 Å². The third-order valence-electron chi connectivity index (χ3n) is 6.94. The molecule has 1 aliphatic heterocycles. The van der Waals surface area contributed by atoms with E-state index >= 15 is 0 Å². The van der Waals surface area contributed by atoms with Crippen LogP contribution in [0.3, 0.4) is 0 Å². The summed E-state index contributed by atoms with van der Waals surface area (Å²) >= 11 is 0. The number of hydrogen-bond acceptors (Lipinski definition) is 7. The Balaban J connectivity index is 0.000000630. The molecule has 3 aromatic rings. The molecule has 6 rings (SSSR count). The molecule has 202 valence electrons. The number of pyridine rings is 1. The van der Waals surface area contributed by atoms with Crippen molar-refractivity contribution >= 4 is 28.9 Å². The number of aromatic nitrogens is 3. The number of Topliss-reactive ketones (excluding diaryl/α,β-unsaturated/α-hetero) is 1. The van der Waals surface area contributed by atoms with Crippen LogP contribution in [0.2, 0.25) is 0 Å². The van der Waals surface area contributed by atoms with Gasteiger partial charge < -0.3 is 15.5 Å². The molecule has 1 spiro atoms. The van der Waals surface area contributed by atoms with Crippen LogP contribution in [0.15, 0.2) is 42.7 Å². The predicted octanol–water partition coefficient (Wildman–Crippen LogP) is 6.10. The zero-order valence-corrected chi connectivity index (χ0v) is 25.9. The van der Waals surface area contributed by atoms with Crippen LogP contribution < -0.4 is 15.5 Å². The number of carbonyl (C=O) groups is 1. The summed E-state index contributed by atoms with van der Waals surface area (Å²) in [5.74, 6) is 3.20. The summed E-state index contributed by atoms with van der Waals surface area (Å²) in [5, 5.41) is 7.03. The number of anilines is 4. The molecule has 0 radical (unpaired) electrons. The molecule has 0 unspecified atom stereocenters. The van der Waals surface area contributed by atoms with Crippen molar-refractivity contribution in [2.75, 3.05) is 23.8 Å². The molecule has 0 bridgehead atoms. The van der Waals surface area contributed by atoms with Crippen LogP contribution in [-0.4, -0.2) is 34.3 Å². The van der Waals surface area contributed by atoms with Crippen molar-refractivity contribution in [2.24, 2.45) is 5.92 Å². The van der Waals surface area contributed by atoms with Gasteiger partial charge in [-0.3, -0.25) is 9.78 Å². The van der Waals surface area contributed by atoms with E-state index < -0.39 is 0 Å². The molecule has 2 N–H and O–H groups in total. The van der Waals surface area contributed by atoms with E-state index in [1.165, 1.54) is 29.9 Å². The summed E-state index contributed by atoms with van der Waals surface area (Å²) in [5.41, 5.74) is 6.45. The summed E-state index contributed by atoms with van der Waals surface area (Å²) in [7, 11) is 1.93. The predicted molar refractivity (Wildman–Crippen MR) is 149 cm³/mol. The minimum Gasteiger partial charge on any atom is -0.346 e. The standard InChI is InChI=1S/C26H27N6O.C4H10.Cm/c1-16(33)21-15-28-25(30-19-5-6-22-18(13-19)7-12-29-26(22)9-10-26)31-24(21)32(2)20-8-11-27-23(14-20)17-3-4-17;1-4(2)3;/h5-6,8,11,13-15,29H,3-4,7,9-10,12H2,1-2H3,(H,28,30,31);4H,1-3H3;/q-1;;. The van der Waals surface area contributed by atoms with Crippen LogP contribution in [0, 0.1) is 11.8 Å². The Morgan fingerprint density at radius 2 is 1.87 bits per heavy atom. The average Bonchev–Trinajstić information content (AvgIpc) is 3.80. The van der Waals surface area contributed by atoms with E-state index in [0.29, 0.717) is 17.3 Å². The second-order valence-electron chi connectivity index (χ2n) is 11.0. The van der Waals surface area contributed by atoms with Crippen LogP contribution in [0.25, 0.3) is 0 Å². The molecule has 7 nitrogen and oxygen atoms in total. The number of carbonyl (C=O) groups excluding carboxylic acids is 1. The van der Waals surface area contributed by atoms with Crippen molar-refractivity contribution in [3.8, 4) is 0 Å². The monoisotopic (exact) mass is 740 g/mol. The van der Waals surface area contributed by atoms with E-state index in [1.54, 1.807) is 13.1 Å². The minimum absolute atomic E-state index is 0. The second kappa shape index (κ2) is 10.5. The van der Waals surface area contributed by atoms with Gasteiger partial charge in [-0.05, 0) is 67.1 Å². The largest absolute Gasteiger partial charge is 0.346 e. The van der Waals surface area contributed by atoms with E-state index in [1.807, 2.05) is 24.2 Å². The number of nitrogens with one attached hydrogen (secondary N) is 2. The Bertz CT molecular complexity index is 1300. The van der Waals surface area contributed by atoms with Crippen LogP contribution in [-0.2, 0) is 12.0 Å². The molecule has 2 aliphatic carbocycles. The van der Waals surface area contributed by atoms with Crippen LogP contribution in [0.4, 0.5) is 23.1 Å². The third kappa shape index (κ3) is 5.59. The van der Waals surface area contributed by atoms with Gasteiger partial charge in [0.1, 0.15) is 5.82 Å². The molecular weight excluding hydrogens is 707 g/mol. The molecule has 2 aromatic heterocycles. The number of hydrogen-bond donors (Lipinski definition) is 2. The van der Waals surface area contributed by atoms with E-state index in [-0.39, 0.29) is 11.3 Å². The average molecular weight is 745 g/mol. The maximum atomic E-state index is 12.3. The van der Waals surface area contributed by atoms with Crippen LogP contribution in [0.5, 0.6) is 0 Å². The Labute approximate surface area is 220 Å². The van der Waals surface area contributed by atoms with Gasteiger partial charge in [-0.25, -0.2) is 4.98 Å². The Hall–Kier alpha value is -4.45. The van der Waals surface area contributed by atoms with Crippen molar-refractivity contribution in [3.63, 3.8) is 0 Å². The van der Waals surface area contributed by atoms with Gasteiger partial charge in [0.15, 0.2) is 5.78 Å². The fourth-order valence-electron chi connectivity index (χ4n) is 4.78. The first-order chi connectivity index (χ1) is 17.8. The number of fused-ring (bicyclic) bond motifs is 2. The molecule has 38 heavy (non-hydrogen) atoms. The summed E-state index contributed by atoms with van der Waals surface area (Å²) in [6, 6.07) is 10.5. The summed E-state index contributed by atoms with van der Waals surface area (Å²) in [6.07, 6.45) is 9.10. The molecule has 8 heteroatoms. The molecule has 2 saturated carbocycles. The molecule has 0 atom stereocenters. The Kier molecular flexibility index (Phi) is 7.35. The fraction of sp³-hybridized carbons (Fsp3) is 0.433. The normalized spacial score (nSPS) is 16.1. The summed E-state index contributed by atoms with van der Waals surface area (Å²) in [6.45, 7) is 9.06. The SMILES string of the molecule is CC(=O)c1cnc(Nc2ccc3c(c2)CCNC32CC2)nc1N(C)c1ccnc([C-]2CC2)c1.CC(C)C.[Cm]. The first-order valence-electron chi connectivity index (χ1n) is 13.3. The summed E-state index contributed by atoms with van der Waals surface area (Å²) < 4.78 is 0. The molecule has 1 aromatic carbocycles. The molecule has 3 heterocycles. The number of rotatable bonds is 6. The van der Waals surface area contributed by atoms with Crippen molar-refractivity contribution in [3.05, 3.63) is 71.0 Å². The van der Waals surface area contributed by atoms with E-state index in [4.69, 9.17) is 4.98 Å². The van der Waals surface area contributed by atoms with Crippen molar-refractivity contribution in [1.82, 2.24) is 20.3 Å². The van der Waals surface area contributed by atoms with Crippen molar-refractivity contribution < 1.29 is 4.79 Å². The smallest absolute Gasteiger partial charge is 0.229 e. The number of nitrogens with zero attached hydrogens (tertiary/aromatic N) is 4. The second-order valence-corrected chi connectivity index (χ2v) is 11.0. The Morgan fingerprint density at radius 3 is 2.53 bits per heavy atom. The zero-order chi connectivity index (χ0) is 26.2. The van der Waals surface area contributed by atoms with Crippen LogP contribution >= 0.6 is 0 Å². The van der Waals surface area contributed by atoms with Crippen LogP contribution in [0.1, 0.15) is 80.6 Å². The quantitative estimate of drug-likeness (QED) is 0.233. The van der Waals surface area contributed by atoms with Gasteiger partial charge in [0.2, 0.25) is 5.95 Å². The van der Waals surface area contributed by atoms with Gasteiger partial charge in [-0.1, -0.05) is 32.5 Å². The molecule has 0 amide bonds. The van der Waals surface area contributed by atoms with Gasteiger partial charge in [-0.2, -0.15) is 17.0 Å². The van der Waals surface area contributed by atoms with Crippen molar-refractivity contribution in [2.45, 2.75) is 65.3 Å². The van der Waals surface area contributed by atoms with Gasteiger partial charge in [0, 0.05) is 37.2 Å². The molecule has 2 fully saturated rings. The first-order valence-corrected chi connectivity index (χ1v) is 13.3. The maximum Gasteiger partial charge on any atom is 0.229 e. The Morgan fingerprint density at radius 1 is 1.13 bits per heavy atom. The van der Waals surface area contributed by atoms with Crippen molar-refractivity contribution in [1.29, 1.82) is 0 Å². The molecular formula is C30H37CmN6O-. The number of benzene rings is 1. The van der Waals surface area contributed by atoms with E-state index in [2.05, 4.69) is 65.6 Å².